The predicted molar refractivity (Wildman–Crippen MR) is 156 cm³/mol. The molecule has 40 heavy (non-hydrogen) atoms. The van der Waals surface area contributed by atoms with Crippen molar-refractivity contribution < 1.29 is 23.9 Å². The Hall–Kier alpha value is -3.61. The summed E-state index contributed by atoms with van der Waals surface area (Å²) in [6.45, 7) is 2.30. The number of benzene rings is 3. The molecule has 2 fully saturated rings. The number of halogens is 1. The first-order valence-electron chi connectivity index (χ1n) is 12.5. The number of nitro groups is 1. The van der Waals surface area contributed by atoms with Crippen molar-refractivity contribution in [1.29, 1.82) is 0 Å². The van der Waals surface area contributed by atoms with Gasteiger partial charge in [0.05, 0.1) is 36.9 Å². The molecule has 4 aromatic rings. The highest BCUT2D eigenvalue weighted by Gasteiger charge is 2.41. The van der Waals surface area contributed by atoms with E-state index >= 15 is 0 Å². The number of hydrogen-bond donors (Lipinski definition) is 2. The molecule has 2 aliphatic rings. The number of nitrogens with one attached hydrogen (secondary N) is 1. The van der Waals surface area contributed by atoms with Gasteiger partial charge in [-0.25, -0.2) is 4.98 Å². The molecule has 1 aromatic heterocycles. The van der Waals surface area contributed by atoms with Crippen molar-refractivity contribution in [3.05, 3.63) is 98.6 Å². The number of aromatic nitrogens is 1. The summed E-state index contributed by atoms with van der Waals surface area (Å²) in [6, 6.07) is 20.9. The van der Waals surface area contributed by atoms with Crippen molar-refractivity contribution >= 4 is 49.6 Å². The summed E-state index contributed by atoms with van der Waals surface area (Å²) in [5.74, 6) is 0. The van der Waals surface area contributed by atoms with E-state index in [9.17, 15) is 10.1 Å². The van der Waals surface area contributed by atoms with E-state index in [1.165, 1.54) is 6.20 Å². The summed E-state index contributed by atoms with van der Waals surface area (Å²) in [4.78, 5) is 15.2. The van der Waals surface area contributed by atoms with E-state index in [-0.39, 0.29) is 11.3 Å². The largest absolute Gasteiger partial charge is 0.399 e. The second-order valence-electron chi connectivity index (χ2n) is 9.64. The predicted octanol–water partition coefficient (Wildman–Crippen LogP) is 5.66. The molecule has 0 bridgehead atoms. The molecule has 2 aliphatic heterocycles. The fourth-order valence-electron chi connectivity index (χ4n) is 4.59. The lowest BCUT2D eigenvalue weighted by Crippen LogP contribution is -2.48. The Morgan fingerprint density at radius 1 is 0.925 bits per heavy atom. The maximum Gasteiger partial charge on any atom is 0.311 e. The van der Waals surface area contributed by atoms with Gasteiger partial charge in [0.25, 0.3) is 0 Å². The summed E-state index contributed by atoms with van der Waals surface area (Å²) in [5, 5.41) is 15.3. The van der Waals surface area contributed by atoms with E-state index in [0.29, 0.717) is 43.0 Å². The van der Waals surface area contributed by atoms with Gasteiger partial charge in [-0.3, -0.25) is 10.1 Å². The van der Waals surface area contributed by atoms with Crippen LogP contribution in [-0.4, -0.2) is 50.6 Å². The highest BCUT2D eigenvalue weighted by molar-refractivity contribution is 9.10. The Bertz CT molecular complexity index is 1490. The third-order valence-corrected chi connectivity index (χ3v) is 7.74. The molecule has 0 radical (unpaired) electrons. The molecule has 0 unspecified atom stereocenters. The van der Waals surface area contributed by atoms with E-state index in [2.05, 4.69) is 26.2 Å². The molecule has 0 spiro atoms. The molecular weight excluding hydrogens is 580 g/mol. The highest BCUT2D eigenvalue weighted by Crippen LogP contribution is 2.37. The fourth-order valence-corrected chi connectivity index (χ4v) is 4.95. The molecule has 3 aromatic carbocycles. The van der Waals surface area contributed by atoms with E-state index in [0.717, 1.165) is 27.0 Å². The molecule has 3 heterocycles. The van der Waals surface area contributed by atoms with Crippen LogP contribution in [0.5, 0.6) is 0 Å². The number of anilines is 3. The first kappa shape index (κ1) is 27.9. The number of nitrogens with two attached hydrogens (primary N) is 1. The number of pyridine rings is 1. The number of ether oxygens (including phenoxy) is 4. The van der Waals surface area contributed by atoms with Crippen LogP contribution in [-0.2, 0) is 30.1 Å². The minimum absolute atomic E-state index is 0.0783. The van der Waals surface area contributed by atoms with E-state index < -0.39 is 10.5 Å². The third-order valence-electron chi connectivity index (χ3n) is 7.25. The second-order valence-corrected chi connectivity index (χ2v) is 10.6. The summed E-state index contributed by atoms with van der Waals surface area (Å²) in [6.07, 6.45) is 1.28. The smallest absolute Gasteiger partial charge is 0.311 e. The molecule has 0 amide bonds. The molecule has 208 valence electrons. The minimum atomic E-state index is -0.435. The number of nitrogens with zero attached hydrogens (tertiary/aromatic N) is 2. The molecular formula is C29H29BrN4O6. The van der Waals surface area contributed by atoms with Gasteiger partial charge in [0, 0.05) is 35.5 Å². The Morgan fingerprint density at radius 3 is 1.95 bits per heavy atom. The summed E-state index contributed by atoms with van der Waals surface area (Å²) in [7, 11) is 3.37. The first-order valence-corrected chi connectivity index (χ1v) is 13.3. The summed E-state index contributed by atoms with van der Waals surface area (Å²) >= 11 is 3.42. The maximum atomic E-state index is 11.5. The van der Waals surface area contributed by atoms with Crippen LogP contribution in [0.1, 0.15) is 11.1 Å². The van der Waals surface area contributed by atoms with Crippen molar-refractivity contribution in [2.75, 3.05) is 51.7 Å². The third kappa shape index (κ3) is 5.38. The molecule has 0 aliphatic carbocycles. The Morgan fingerprint density at radius 2 is 1.48 bits per heavy atom. The van der Waals surface area contributed by atoms with Crippen molar-refractivity contribution in [3.8, 4) is 0 Å². The van der Waals surface area contributed by atoms with Gasteiger partial charge in [0.2, 0.25) is 0 Å². The molecule has 2 saturated heterocycles. The fraction of sp³-hybridized carbons (Fsp3) is 0.276. The van der Waals surface area contributed by atoms with Crippen molar-refractivity contribution in [2.24, 2.45) is 0 Å². The molecule has 0 atom stereocenters. The van der Waals surface area contributed by atoms with Crippen LogP contribution in [0.25, 0.3) is 10.9 Å². The van der Waals surface area contributed by atoms with Crippen LogP contribution in [0.2, 0.25) is 0 Å². The Balaban J connectivity index is 0.000000207. The van der Waals surface area contributed by atoms with Crippen LogP contribution in [0, 0.1) is 10.1 Å². The quantitative estimate of drug-likeness (QED) is 0.155. The van der Waals surface area contributed by atoms with Crippen molar-refractivity contribution in [1.82, 2.24) is 4.98 Å². The van der Waals surface area contributed by atoms with Crippen LogP contribution < -0.4 is 11.1 Å². The number of nitrogen functional groups attached to an aromatic ring is 1. The SMILES string of the molecule is COC1(c2ccc(N)cc2)COC1.COC1(c2ccc(Nc3c([N+](=O)[O-])cnc4ccc(Br)cc34)cc2)COC1. The van der Waals surface area contributed by atoms with E-state index in [4.69, 9.17) is 24.7 Å². The number of hydrogen-bond acceptors (Lipinski definition) is 9. The number of rotatable bonds is 7. The standard InChI is InChI=1S/C19H16BrN3O4.C10H13NO2/c1-26-19(10-27-11-19)12-2-5-14(6-3-12)22-18-15-8-13(20)4-7-16(15)21-9-17(18)23(24)25;1-12-10(6-13-7-10)8-2-4-9(11)5-3-8/h2-9H,10-11H2,1H3,(H,21,22);2-5H,6-7,11H2,1H3. The summed E-state index contributed by atoms with van der Waals surface area (Å²) < 4.78 is 22.3. The van der Waals surface area contributed by atoms with Gasteiger partial charge in [0.15, 0.2) is 0 Å². The zero-order valence-corrected chi connectivity index (χ0v) is 23.6. The molecule has 11 heteroatoms. The molecule has 6 rings (SSSR count). The topological polar surface area (TPSA) is 131 Å². The average molecular weight is 609 g/mol. The lowest BCUT2D eigenvalue weighted by molar-refractivity contribution is -0.384. The molecule has 0 saturated carbocycles. The van der Waals surface area contributed by atoms with Crippen LogP contribution >= 0.6 is 15.9 Å². The van der Waals surface area contributed by atoms with Crippen molar-refractivity contribution in [2.45, 2.75) is 11.2 Å². The first-order chi connectivity index (χ1) is 19.3. The van der Waals surface area contributed by atoms with Gasteiger partial charge >= 0.3 is 5.69 Å². The van der Waals surface area contributed by atoms with Gasteiger partial charge in [0.1, 0.15) is 23.1 Å². The van der Waals surface area contributed by atoms with E-state index in [1.54, 1.807) is 14.2 Å². The van der Waals surface area contributed by atoms with Gasteiger partial charge in [-0.15, -0.1) is 0 Å². The lowest BCUT2D eigenvalue weighted by Gasteiger charge is -2.40. The average Bonchev–Trinajstić information content (AvgIpc) is 2.90. The van der Waals surface area contributed by atoms with Gasteiger partial charge in [-0.1, -0.05) is 40.2 Å². The zero-order valence-electron chi connectivity index (χ0n) is 22.1. The zero-order chi connectivity index (χ0) is 28.3. The minimum Gasteiger partial charge on any atom is -0.399 e. The van der Waals surface area contributed by atoms with Crippen LogP contribution in [0.3, 0.4) is 0 Å². The van der Waals surface area contributed by atoms with Crippen molar-refractivity contribution in [3.63, 3.8) is 0 Å². The number of methoxy groups -OCH3 is 2. The Labute approximate surface area is 239 Å². The monoisotopic (exact) mass is 608 g/mol. The van der Waals surface area contributed by atoms with Gasteiger partial charge < -0.3 is 30.0 Å². The molecule has 3 N–H and O–H groups in total. The number of fused-ring (bicyclic) bond motifs is 1. The van der Waals surface area contributed by atoms with Gasteiger partial charge in [-0.05, 0) is 53.6 Å². The Kier molecular flexibility index (Phi) is 8.02. The van der Waals surface area contributed by atoms with Crippen LogP contribution in [0.4, 0.5) is 22.7 Å². The second kappa shape index (κ2) is 11.5. The van der Waals surface area contributed by atoms with Gasteiger partial charge in [-0.2, -0.15) is 0 Å². The van der Waals surface area contributed by atoms with E-state index in [1.807, 2.05) is 66.7 Å². The highest BCUT2D eigenvalue weighted by atomic mass is 79.9. The maximum absolute atomic E-state index is 11.5. The van der Waals surface area contributed by atoms with Crippen LogP contribution in [0.15, 0.2) is 77.4 Å². The molecule has 10 nitrogen and oxygen atoms in total. The lowest BCUT2D eigenvalue weighted by atomic mass is 9.91. The summed E-state index contributed by atoms with van der Waals surface area (Å²) in [5.41, 5.74) is 9.63. The normalized spacial score (nSPS) is 16.7.